The van der Waals surface area contributed by atoms with Crippen LogP contribution in [-0.4, -0.2) is 59.7 Å². The molecular formula is C28H31ClN4O3. The summed E-state index contributed by atoms with van der Waals surface area (Å²) >= 11 is 6.27. The normalized spacial score (nSPS) is 19.2. The predicted molar refractivity (Wildman–Crippen MR) is 141 cm³/mol. The minimum Gasteiger partial charge on any atom is -0.368 e. The molecule has 3 atom stereocenters. The molecule has 1 unspecified atom stereocenters. The first-order valence-corrected chi connectivity index (χ1v) is 12.5. The molecule has 3 aromatic rings. The van der Waals surface area contributed by atoms with Crippen LogP contribution in [0.1, 0.15) is 30.5 Å². The van der Waals surface area contributed by atoms with Crippen molar-refractivity contribution in [2.45, 2.75) is 37.9 Å². The van der Waals surface area contributed by atoms with Crippen molar-refractivity contribution in [3.05, 3.63) is 82.9 Å². The Kier molecular flexibility index (Phi) is 7.91. The number of rotatable bonds is 7. The molecule has 4 rings (SSSR count). The predicted octanol–water partition coefficient (Wildman–Crippen LogP) is 3.30. The Bertz CT molecular complexity index is 1280. The summed E-state index contributed by atoms with van der Waals surface area (Å²) in [6.07, 6.45) is 0.793. The zero-order valence-electron chi connectivity index (χ0n) is 20.5. The number of carbonyl (C=O) groups excluding carboxylic acids is 3. The third-order valence-electron chi connectivity index (χ3n) is 6.84. The van der Waals surface area contributed by atoms with Gasteiger partial charge in [0, 0.05) is 24.0 Å². The second-order valence-electron chi connectivity index (χ2n) is 9.22. The van der Waals surface area contributed by atoms with Gasteiger partial charge in [0.25, 0.3) is 5.91 Å². The van der Waals surface area contributed by atoms with Gasteiger partial charge in [-0.2, -0.15) is 0 Å². The van der Waals surface area contributed by atoms with Crippen LogP contribution in [0.2, 0.25) is 5.02 Å². The van der Waals surface area contributed by atoms with Crippen molar-refractivity contribution >= 4 is 40.1 Å². The van der Waals surface area contributed by atoms with E-state index in [2.05, 4.69) is 5.32 Å². The van der Waals surface area contributed by atoms with Gasteiger partial charge in [0.15, 0.2) is 0 Å². The monoisotopic (exact) mass is 506 g/mol. The summed E-state index contributed by atoms with van der Waals surface area (Å²) in [5.41, 5.74) is 7.45. The lowest BCUT2D eigenvalue weighted by molar-refractivity contribution is -0.148. The number of hydrogen-bond acceptors (Lipinski definition) is 4. The van der Waals surface area contributed by atoms with Gasteiger partial charge in [-0.05, 0) is 54.4 Å². The van der Waals surface area contributed by atoms with Crippen LogP contribution in [0.4, 0.5) is 0 Å². The lowest BCUT2D eigenvalue weighted by Gasteiger charge is -2.36. The van der Waals surface area contributed by atoms with E-state index in [1.165, 1.54) is 0 Å². The molecule has 0 saturated carbocycles. The summed E-state index contributed by atoms with van der Waals surface area (Å²) in [5, 5.41) is 5.42. The molecule has 1 fully saturated rings. The van der Waals surface area contributed by atoms with Crippen molar-refractivity contribution in [3.63, 3.8) is 0 Å². The van der Waals surface area contributed by atoms with E-state index < -0.39 is 18.0 Å². The molecule has 3 N–H and O–H groups in total. The van der Waals surface area contributed by atoms with Crippen molar-refractivity contribution < 1.29 is 14.4 Å². The van der Waals surface area contributed by atoms with Gasteiger partial charge < -0.3 is 20.9 Å². The van der Waals surface area contributed by atoms with E-state index in [4.69, 9.17) is 17.3 Å². The Hall–Kier alpha value is -3.42. The highest BCUT2D eigenvalue weighted by atomic mass is 35.5. The number of nitrogens with zero attached hydrogens (tertiary/aromatic N) is 2. The third-order valence-corrected chi connectivity index (χ3v) is 7.07. The fourth-order valence-electron chi connectivity index (χ4n) is 5.07. The van der Waals surface area contributed by atoms with Crippen LogP contribution in [0.3, 0.4) is 0 Å². The number of amides is 3. The van der Waals surface area contributed by atoms with E-state index in [-0.39, 0.29) is 30.8 Å². The maximum Gasteiger partial charge on any atom is 0.250 e. The van der Waals surface area contributed by atoms with Crippen LogP contribution in [-0.2, 0) is 20.8 Å². The van der Waals surface area contributed by atoms with E-state index in [0.717, 1.165) is 16.3 Å². The summed E-state index contributed by atoms with van der Waals surface area (Å²) in [7, 11) is 1.69. The molecule has 0 radical (unpaired) electrons. The molecule has 1 aliphatic rings. The van der Waals surface area contributed by atoms with Crippen LogP contribution in [0.5, 0.6) is 0 Å². The third kappa shape index (κ3) is 5.22. The van der Waals surface area contributed by atoms with Crippen molar-refractivity contribution in [1.82, 2.24) is 15.1 Å². The molecule has 0 aliphatic carbocycles. The van der Waals surface area contributed by atoms with Crippen LogP contribution < -0.4 is 11.1 Å². The van der Waals surface area contributed by atoms with Gasteiger partial charge in [-0.1, -0.05) is 66.2 Å². The molecule has 0 aromatic heterocycles. The molecule has 1 aliphatic heterocycles. The first-order chi connectivity index (χ1) is 17.3. The molecule has 7 nitrogen and oxygen atoms in total. The Balaban J connectivity index is 1.77. The summed E-state index contributed by atoms with van der Waals surface area (Å²) in [6.45, 7) is 2.31. The van der Waals surface area contributed by atoms with Crippen molar-refractivity contribution in [2.24, 2.45) is 5.73 Å². The molecule has 3 aromatic carbocycles. The van der Waals surface area contributed by atoms with Crippen LogP contribution in [0, 0.1) is 0 Å². The molecule has 1 saturated heterocycles. The van der Waals surface area contributed by atoms with E-state index in [1.54, 1.807) is 41.1 Å². The fourth-order valence-corrected chi connectivity index (χ4v) is 5.27. The van der Waals surface area contributed by atoms with Gasteiger partial charge in [-0.3, -0.25) is 14.4 Å². The quantitative estimate of drug-likeness (QED) is 0.514. The summed E-state index contributed by atoms with van der Waals surface area (Å²) in [4.78, 5) is 43.4. The standard InChI is InChI=1S/C28H31ClN4O3/c1-18-13-14-32(24(27(30)35)16-20-9-5-8-19-7-3-4-12-23(19)20)28(36)26(33(18)25(34)17-31-2)21-10-6-11-22(29)15-21/h3-12,15,18,24,26,31H,13-14,16-17H2,1-2H3,(H2,30,35)/t18-,24?,26+/m1/s1. The maximum atomic E-state index is 14.2. The first kappa shape index (κ1) is 25.7. The zero-order chi connectivity index (χ0) is 25.8. The Morgan fingerprint density at radius 3 is 2.56 bits per heavy atom. The van der Waals surface area contributed by atoms with E-state index in [9.17, 15) is 14.4 Å². The second kappa shape index (κ2) is 11.1. The van der Waals surface area contributed by atoms with E-state index in [0.29, 0.717) is 23.6 Å². The molecule has 188 valence electrons. The van der Waals surface area contributed by atoms with Crippen molar-refractivity contribution in [2.75, 3.05) is 20.1 Å². The number of nitrogens with two attached hydrogens (primary N) is 1. The van der Waals surface area contributed by atoms with Crippen molar-refractivity contribution in [1.29, 1.82) is 0 Å². The Morgan fingerprint density at radius 2 is 1.83 bits per heavy atom. The molecule has 1 heterocycles. The van der Waals surface area contributed by atoms with Gasteiger partial charge in [0.2, 0.25) is 11.8 Å². The van der Waals surface area contributed by atoms with E-state index in [1.807, 2.05) is 49.4 Å². The molecule has 0 bridgehead atoms. The number of halogens is 1. The molecule has 0 spiro atoms. The fraction of sp³-hybridized carbons (Fsp3) is 0.321. The largest absolute Gasteiger partial charge is 0.368 e. The number of likely N-dealkylation sites (N-methyl/N-ethyl adjacent to an activating group) is 1. The van der Waals surface area contributed by atoms with Crippen LogP contribution in [0.15, 0.2) is 66.7 Å². The highest BCUT2D eigenvalue weighted by Gasteiger charge is 2.42. The van der Waals surface area contributed by atoms with Crippen LogP contribution in [0.25, 0.3) is 10.8 Å². The van der Waals surface area contributed by atoms with Gasteiger partial charge in [0.05, 0.1) is 6.54 Å². The SMILES string of the molecule is CNCC(=O)N1[C@H](C)CCN(C(Cc2cccc3ccccc23)C(N)=O)C(=O)[C@@H]1c1cccc(Cl)c1. The highest BCUT2D eigenvalue weighted by molar-refractivity contribution is 6.30. The van der Waals surface area contributed by atoms with Gasteiger partial charge >= 0.3 is 0 Å². The number of fused-ring (bicyclic) bond motifs is 1. The lowest BCUT2D eigenvalue weighted by Crippen LogP contribution is -2.52. The number of benzene rings is 3. The average Bonchev–Trinajstić information content (AvgIpc) is 2.98. The number of primary amides is 1. The summed E-state index contributed by atoms with van der Waals surface area (Å²) < 4.78 is 0. The molecule has 36 heavy (non-hydrogen) atoms. The molecule has 3 amide bonds. The van der Waals surface area contributed by atoms with Gasteiger partial charge in [-0.25, -0.2) is 0 Å². The Labute approximate surface area is 216 Å². The van der Waals surface area contributed by atoms with Crippen molar-refractivity contribution in [3.8, 4) is 0 Å². The smallest absolute Gasteiger partial charge is 0.250 e. The lowest BCUT2D eigenvalue weighted by atomic mass is 9.96. The molecule has 8 heteroatoms. The second-order valence-corrected chi connectivity index (χ2v) is 9.66. The van der Waals surface area contributed by atoms with Gasteiger partial charge in [-0.15, -0.1) is 0 Å². The number of carbonyl (C=O) groups is 3. The van der Waals surface area contributed by atoms with E-state index >= 15 is 0 Å². The van der Waals surface area contributed by atoms with Gasteiger partial charge in [0.1, 0.15) is 12.1 Å². The zero-order valence-corrected chi connectivity index (χ0v) is 21.2. The summed E-state index contributed by atoms with van der Waals surface area (Å²) in [6, 6.07) is 18.8. The maximum absolute atomic E-state index is 14.2. The minimum atomic E-state index is -0.920. The Morgan fingerprint density at radius 1 is 1.11 bits per heavy atom. The molecular weight excluding hydrogens is 476 g/mol. The van der Waals surface area contributed by atoms with Crippen LogP contribution >= 0.6 is 11.6 Å². The first-order valence-electron chi connectivity index (χ1n) is 12.1. The highest BCUT2D eigenvalue weighted by Crippen LogP contribution is 2.33. The number of hydrogen-bond donors (Lipinski definition) is 2. The topological polar surface area (TPSA) is 95.7 Å². The number of nitrogens with one attached hydrogen (secondary N) is 1. The average molecular weight is 507 g/mol. The minimum absolute atomic E-state index is 0.0872. The summed E-state index contributed by atoms with van der Waals surface area (Å²) in [5.74, 6) is -1.12.